The summed E-state index contributed by atoms with van der Waals surface area (Å²) in [5.74, 6) is -0.289. The third kappa shape index (κ3) is 7.94. The molecule has 0 radical (unpaired) electrons. The molecule has 1 aliphatic carbocycles. The summed E-state index contributed by atoms with van der Waals surface area (Å²) in [5, 5.41) is 21.2. The van der Waals surface area contributed by atoms with Crippen molar-refractivity contribution in [2.75, 3.05) is 13.2 Å². The van der Waals surface area contributed by atoms with Crippen molar-refractivity contribution in [3.05, 3.63) is 41.2 Å². The lowest BCUT2D eigenvalue weighted by atomic mass is 9.86. The second kappa shape index (κ2) is 12.9. The molecule has 0 aromatic heterocycles. The van der Waals surface area contributed by atoms with Gasteiger partial charge in [-0.15, -0.1) is 0 Å². The number of rotatable bonds is 10. The standard InChI is InChI=1S/C26H36ClFO6/c1-16(2)34-26(31)5-3-4-17-6-9-21-20(23(30)13-24(21)32-14-17)10-8-19(29)15-33-25-12-18(27)7-11-22(25)28/h7-8,10-12,16-17,19-21,23-24,29-30H,3-6,9,13-15H2,1-2H3/b10-8+/t17-,19+,20+,21+,23+,24-/m0/s1. The molecule has 8 heteroatoms. The molecule has 1 aromatic rings. The highest BCUT2D eigenvalue weighted by Crippen LogP contribution is 2.42. The number of fused-ring (bicyclic) bond motifs is 1. The smallest absolute Gasteiger partial charge is 0.306 e. The highest BCUT2D eigenvalue weighted by Gasteiger charge is 2.43. The minimum atomic E-state index is -0.949. The molecule has 0 spiro atoms. The fraction of sp³-hybridized carbons (Fsp3) is 0.654. The second-order valence-corrected chi connectivity index (χ2v) is 10.1. The highest BCUT2D eigenvalue weighted by atomic mass is 35.5. The van der Waals surface area contributed by atoms with Crippen molar-refractivity contribution in [3.8, 4) is 5.75 Å². The van der Waals surface area contributed by atoms with Crippen LogP contribution in [0.2, 0.25) is 5.02 Å². The lowest BCUT2D eigenvalue weighted by Gasteiger charge is -2.21. The average molecular weight is 499 g/mol. The summed E-state index contributed by atoms with van der Waals surface area (Å²) in [6.45, 7) is 4.20. The van der Waals surface area contributed by atoms with Crippen LogP contribution in [0.5, 0.6) is 5.75 Å². The molecule has 0 unspecified atom stereocenters. The van der Waals surface area contributed by atoms with Gasteiger partial charge in [0.05, 0.1) is 18.3 Å². The van der Waals surface area contributed by atoms with Gasteiger partial charge in [0, 0.05) is 36.5 Å². The number of halogens is 2. The van der Waals surface area contributed by atoms with E-state index in [1.807, 2.05) is 19.9 Å². The number of carbonyl (C=O) groups is 1. The van der Waals surface area contributed by atoms with E-state index in [-0.39, 0.29) is 42.4 Å². The Hall–Kier alpha value is -1.67. The number of aliphatic hydroxyl groups excluding tert-OH is 2. The first-order valence-corrected chi connectivity index (χ1v) is 12.5. The largest absolute Gasteiger partial charge is 0.487 e. The van der Waals surface area contributed by atoms with Gasteiger partial charge in [0.1, 0.15) is 12.7 Å². The van der Waals surface area contributed by atoms with E-state index in [9.17, 15) is 19.4 Å². The molecule has 1 aromatic carbocycles. The van der Waals surface area contributed by atoms with Gasteiger partial charge in [0.15, 0.2) is 11.6 Å². The van der Waals surface area contributed by atoms with Crippen molar-refractivity contribution in [1.82, 2.24) is 0 Å². The summed E-state index contributed by atoms with van der Waals surface area (Å²) in [4.78, 5) is 11.7. The summed E-state index contributed by atoms with van der Waals surface area (Å²) in [5.41, 5.74) is 0. The Morgan fingerprint density at radius 2 is 2.15 bits per heavy atom. The van der Waals surface area contributed by atoms with Crippen LogP contribution < -0.4 is 4.74 Å². The Morgan fingerprint density at radius 3 is 2.91 bits per heavy atom. The third-order valence-electron chi connectivity index (χ3n) is 6.56. The molecule has 2 N–H and O–H groups in total. The van der Waals surface area contributed by atoms with Crippen LogP contribution >= 0.6 is 11.6 Å². The number of hydrogen-bond acceptors (Lipinski definition) is 6. The zero-order chi connectivity index (χ0) is 24.7. The van der Waals surface area contributed by atoms with Crippen LogP contribution in [0, 0.1) is 23.6 Å². The predicted octanol–water partition coefficient (Wildman–Crippen LogP) is 4.69. The first kappa shape index (κ1) is 26.9. The van der Waals surface area contributed by atoms with E-state index in [2.05, 4.69) is 0 Å². The monoisotopic (exact) mass is 498 g/mol. The maximum atomic E-state index is 13.8. The van der Waals surface area contributed by atoms with Gasteiger partial charge in [-0.2, -0.15) is 0 Å². The van der Waals surface area contributed by atoms with Gasteiger partial charge in [-0.3, -0.25) is 4.79 Å². The summed E-state index contributed by atoms with van der Waals surface area (Å²) in [6, 6.07) is 4.01. The number of aliphatic hydroxyl groups is 2. The van der Waals surface area contributed by atoms with E-state index in [0.29, 0.717) is 30.4 Å². The van der Waals surface area contributed by atoms with Gasteiger partial charge in [-0.25, -0.2) is 4.39 Å². The van der Waals surface area contributed by atoms with Crippen LogP contribution in [0.15, 0.2) is 30.4 Å². The first-order chi connectivity index (χ1) is 16.2. The number of carbonyl (C=O) groups excluding carboxylic acids is 1. The molecule has 6 atom stereocenters. The summed E-state index contributed by atoms with van der Waals surface area (Å²) >= 11 is 5.86. The van der Waals surface area contributed by atoms with Gasteiger partial charge < -0.3 is 24.4 Å². The molecular formula is C26H36ClFO6. The van der Waals surface area contributed by atoms with Gasteiger partial charge in [0.25, 0.3) is 0 Å². The molecule has 1 saturated heterocycles. The Labute approximate surface area is 206 Å². The normalized spacial score (nSPS) is 28.0. The molecule has 6 nitrogen and oxygen atoms in total. The minimum Gasteiger partial charge on any atom is -0.487 e. The zero-order valence-corrected chi connectivity index (χ0v) is 20.6. The minimum absolute atomic E-state index is 0.0124. The molecule has 3 rings (SSSR count). The molecule has 2 fully saturated rings. The maximum Gasteiger partial charge on any atom is 0.306 e. The van der Waals surface area contributed by atoms with Crippen LogP contribution in [0.1, 0.15) is 52.4 Å². The lowest BCUT2D eigenvalue weighted by molar-refractivity contribution is -0.147. The number of ether oxygens (including phenoxy) is 3. The van der Waals surface area contributed by atoms with E-state index in [1.54, 1.807) is 6.08 Å². The summed E-state index contributed by atoms with van der Waals surface area (Å²) in [6.07, 6.45) is 6.40. The molecule has 2 aliphatic rings. The third-order valence-corrected chi connectivity index (χ3v) is 6.80. The van der Waals surface area contributed by atoms with Crippen molar-refractivity contribution in [1.29, 1.82) is 0 Å². The number of hydrogen-bond donors (Lipinski definition) is 2. The first-order valence-electron chi connectivity index (χ1n) is 12.2. The lowest BCUT2D eigenvalue weighted by Crippen LogP contribution is -2.22. The molecule has 1 aliphatic heterocycles. The van der Waals surface area contributed by atoms with E-state index in [0.717, 1.165) is 25.7 Å². The molecule has 1 saturated carbocycles. The van der Waals surface area contributed by atoms with Crippen LogP contribution in [-0.4, -0.2) is 53.8 Å². The fourth-order valence-electron chi connectivity index (χ4n) is 4.87. The van der Waals surface area contributed by atoms with Crippen molar-refractivity contribution < 1.29 is 33.6 Å². The van der Waals surface area contributed by atoms with E-state index < -0.39 is 18.0 Å². The topological polar surface area (TPSA) is 85.2 Å². The molecule has 34 heavy (non-hydrogen) atoms. The SMILES string of the molecule is CC(C)OC(=O)CCC[C@H]1CC[C@@H]2[C@@H](/C=C/[C@@H](O)COc3cc(Cl)ccc3F)[C@H](O)C[C@@H]2OC1. The molecular weight excluding hydrogens is 463 g/mol. The summed E-state index contributed by atoms with van der Waals surface area (Å²) in [7, 11) is 0. The van der Waals surface area contributed by atoms with E-state index in [1.165, 1.54) is 18.2 Å². The Kier molecular flexibility index (Phi) is 10.2. The van der Waals surface area contributed by atoms with Crippen LogP contribution in [0.4, 0.5) is 4.39 Å². The van der Waals surface area contributed by atoms with Crippen molar-refractivity contribution in [2.24, 2.45) is 17.8 Å². The highest BCUT2D eigenvalue weighted by molar-refractivity contribution is 6.30. The predicted molar refractivity (Wildman–Crippen MR) is 127 cm³/mol. The molecule has 190 valence electrons. The van der Waals surface area contributed by atoms with Crippen LogP contribution in [0.25, 0.3) is 0 Å². The van der Waals surface area contributed by atoms with E-state index in [4.69, 9.17) is 25.8 Å². The van der Waals surface area contributed by atoms with Crippen molar-refractivity contribution in [2.45, 2.75) is 76.8 Å². The molecule has 1 heterocycles. The van der Waals surface area contributed by atoms with Crippen molar-refractivity contribution >= 4 is 17.6 Å². The molecule has 0 bridgehead atoms. The summed E-state index contributed by atoms with van der Waals surface area (Å²) < 4.78 is 30.5. The Bertz CT molecular complexity index is 832. The number of benzene rings is 1. The maximum absolute atomic E-state index is 13.8. The quantitative estimate of drug-likeness (QED) is 0.359. The second-order valence-electron chi connectivity index (χ2n) is 9.63. The van der Waals surface area contributed by atoms with Gasteiger partial charge in [-0.1, -0.05) is 23.8 Å². The van der Waals surface area contributed by atoms with Gasteiger partial charge in [0.2, 0.25) is 0 Å². The van der Waals surface area contributed by atoms with Crippen LogP contribution in [-0.2, 0) is 14.3 Å². The van der Waals surface area contributed by atoms with Crippen LogP contribution in [0.3, 0.4) is 0 Å². The average Bonchev–Trinajstić information content (AvgIpc) is 2.94. The van der Waals surface area contributed by atoms with Crippen molar-refractivity contribution in [3.63, 3.8) is 0 Å². The van der Waals surface area contributed by atoms with Gasteiger partial charge >= 0.3 is 5.97 Å². The fourth-order valence-corrected chi connectivity index (χ4v) is 5.04. The van der Waals surface area contributed by atoms with E-state index >= 15 is 0 Å². The Balaban J connectivity index is 1.47. The van der Waals surface area contributed by atoms with Gasteiger partial charge in [-0.05, 0) is 63.5 Å². The zero-order valence-electron chi connectivity index (χ0n) is 19.9. The molecule has 0 amide bonds. The Morgan fingerprint density at radius 1 is 1.35 bits per heavy atom. The number of esters is 1.